The molecule has 2 aliphatic rings. The first kappa shape index (κ1) is 17.4. The Bertz CT molecular complexity index is 787. The molecule has 1 aliphatic carbocycles. The molecular formula is C19H28N6O. The molecule has 0 atom stereocenters. The van der Waals surface area contributed by atoms with E-state index in [0.29, 0.717) is 18.2 Å². The predicted octanol–water partition coefficient (Wildman–Crippen LogP) is 2.13. The molecule has 1 aliphatic heterocycles. The van der Waals surface area contributed by atoms with E-state index in [0.717, 1.165) is 30.3 Å². The van der Waals surface area contributed by atoms with Crippen LogP contribution in [0, 0.1) is 19.8 Å². The third-order valence-corrected chi connectivity index (χ3v) is 5.86. The highest BCUT2D eigenvalue weighted by Gasteiger charge is 2.27. The van der Waals surface area contributed by atoms with Crippen molar-refractivity contribution in [3.63, 3.8) is 0 Å². The summed E-state index contributed by atoms with van der Waals surface area (Å²) in [5.41, 5.74) is 1.81. The van der Waals surface area contributed by atoms with Gasteiger partial charge in [-0.2, -0.15) is 4.98 Å². The maximum absolute atomic E-state index is 12.4. The lowest BCUT2D eigenvalue weighted by Gasteiger charge is -2.36. The van der Waals surface area contributed by atoms with Crippen molar-refractivity contribution in [1.29, 1.82) is 0 Å². The Morgan fingerprint density at radius 2 is 1.88 bits per heavy atom. The molecule has 26 heavy (non-hydrogen) atoms. The van der Waals surface area contributed by atoms with Crippen molar-refractivity contribution >= 4 is 11.7 Å². The first-order chi connectivity index (χ1) is 12.6. The first-order valence-corrected chi connectivity index (χ1v) is 9.83. The third-order valence-electron chi connectivity index (χ3n) is 5.86. The van der Waals surface area contributed by atoms with Gasteiger partial charge in [-0.3, -0.25) is 4.79 Å². The largest absolute Gasteiger partial charge is 0.349 e. The molecule has 1 N–H and O–H groups in total. The monoisotopic (exact) mass is 356 g/mol. The molecule has 1 amide bonds. The number of amides is 1. The summed E-state index contributed by atoms with van der Waals surface area (Å²) >= 11 is 0. The number of carbonyl (C=O) groups is 1. The number of carbonyl (C=O) groups excluding carboxylic acids is 1. The van der Waals surface area contributed by atoms with Crippen molar-refractivity contribution in [3.05, 3.63) is 23.3 Å². The number of aryl methyl sites for hydroxylation is 2. The van der Waals surface area contributed by atoms with Gasteiger partial charge in [0.05, 0.1) is 0 Å². The van der Waals surface area contributed by atoms with Gasteiger partial charge in [0.25, 0.3) is 11.7 Å². The van der Waals surface area contributed by atoms with Crippen LogP contribution in [0.5, 0.6) is 0 Å². The van der Waals surface area contributed by atoms with Crippen LogP contribution in [-0.4, -0.2) is 56.1 Å². The van der Waals surface area contributed by atoms with Crippen LogP contribution in [0.15, 0.2) is 6.07 Å². The van der Waals surface area contributed by atoms with Gasteiger partial charge in [-0.15, -0.1) is 5.10 Å². The van der Waals surface area contributed by atoms with Gasteiger partial charge in [-0.05, 0) is 64.6 Å². The van der Waals surface area contributed by atoms with Gasteiger partial charge in [-0.25, -0.2) is 9.50 Å². The Morgan fingerprint density at radius 1 is 1.15 bits per heavy atom. The molecule has 1 saturated carbocycles. The van der Waals surface area contributed by atoms with Crippen molar-refractivity contribution in [2.45, 2.75) is 58.4 Å². The second kappa shape index (κ2) is 7.31. The fourth-order valence-electron chi connectivity index (χ4n) is 4.37. The molecule has 7 nitrogen and oxygen atoms in total. The van der Waals surface area contributed by atoms with Crippen LogP contribution < -0.4 is 5.32 Å². The van der Waals surface area contributed by atoms with Gasteiger partial charge in [0.15, 0.2) is 0 Å². The maximum Gasteiger partial charge on any atom is 0.291 e. The van der Waals surface area contributed by atoms with Crippen LogP contribution in [0.25, 0.3) is 5.78 Å². The number of aromatic nitrogens is 4. The number of piperidine rings is 1. The van der Waals surface area contributed by atoms with E-state index in [-0.39, 0.29) is 11.7 Å². The van der Waals surface area contributed by atoms with Crippen LogP contribution in [0.1, 0.15) is 60.5 Å². The van der Waals surface area contributed by atoms with Crippen molar-refractivity contribution in [3.8, 4) is 0 Å². The third kappa shape index (κ3) is 3.58. The van der Waals surface area contributed by atoms with Gasteiger partial charge in [0.1, 0.15) is 0 Å². The zero-order valence-corrected chi connectivity index (χ0v) is 15.7. The minimum Gasteiger partial charge on any atom is -0.349 e. The van der Waals surface area contributed by atoms with E-state index in [2.05, 4.69) is 25.3 Å². The average Bonchev–Trinajstić information content (AvgIpc) is 3.30. The van der Waals surface area contributed by atoms with E-state index in [9.17, 15) is 4.79 Å². The molecule has 2 fully saturated rings. The van der Waals surface area contributed by atoms with Gasteiger partial charge >= 0.3 is 0 Å². The van der Waals surface area contributed by atoms with Crippen LogP contribution in [0.4, 0.5) is 0 Å². The van der Waals surface area contributed by atoms with E-state index in [1.54, 1.807) is 4.52 Å². The van der Waals surface area contributed by atoms with E-state index in [4.69, 9.17) is 0 Å². The Kier molecular flexibility index (Phi) is 4.89. The Labute approximate surface area is 154 Å². The average molecular weight is 356 g/mol. The summed E-state index contributed by atoms with van der Waals surface area (Å²) in [6.07, 6.45) is 7.84. The molecule has 0 bridgehead atoms. The molecule has 2 aromatic heterocycles. The number of nitrogens with one attached hydrogen (secondary N) is 1. The fraction of sp³-hybridized carbons (Fsp3) is 0.684. The summed E-state index contributed by atoms with van der Waals surface area (Å²) in [7, 11) is 0. The van der Waals surface area contributed by atoms with Crippen molar-refractivity contribution in [1.82, 2.24) is 29.8 Å². The lowest BCUT2D eigenvalue weighted by Crippen LogP contribution is -2.42. The molecule has 1 saturated heterocycles. The summed E-state index contributed by atoms with van der Waals surface area (Å²) < 4.78 is 1.63. The van der Waals surface area contributed by atoms with Gasteiger partial charge in [0.2, 0.25) is 5.82 Å². The van der Waals surface area contributed by atoms with Gasteiger partial charge < -0.3 is 10.2 Å². The Hall–Kier alpha value is -2.02. The zero-order valence-electron chi connectivity index (χ0n) is 15.7. The number of likely N-dealkylation sites (tertiary alicyclic amines) is 1. The highest BCUT2D eigenvalue weighted by atomic mass is 16.2. The predicted molar refractivity (Wildman–Crippen MR) is 99.1 cm³/mol. The standard InChI is InChI=1S/C19H28N6O/c1-13-11-14(2)25-19(21-13)22-17(23-25)18(26)20-12-15-7-9-24(10-8-15)16-5-3-4-6-16/h11,15-16H,3-10,12H2,1-2H3,(H,20,26). The molecule has 140 valence electrons. The first-order valence-electron chi connectivity index (χ1n) is 9.83. The number of nitrogens with zero attached hydrogens (tertiary/aromatic N) is 5. The van der Waals surface area contributed by atoms with Crippen LogP contribution >= 0.6 is 0 Å². The van der Waals surface area contributed by atoms with Crippen molar-refractivity contribution < 1.29 is 4.79 Å². The Morgan fingerprint density at radius 3 is 2.62 bits per heavy atom. The minimum atomic E-state index is -0.203. The summed E-state index contributed by atoms with van der Waals surface area (Å²) in [5, 5.41) is 7.33. The second-order valence-electron chi connectivity index (χ2n) is 7.81. The number of fused-ring (bicyclic) bond motifs is 1. The molecule has 7 heteroatoms. The highest BCUT2D eigenvalue weighted by molar-refractivity contribution is 5.90. The number of hydrogen-bond acceptors (Lipinski definition) is 5. The van der Waals surface area contributed by atoms with Crippen LogP contribution in [-0.2, 0) is 0 Å². The summed E-state index contributed by atoms with van der Waals surface area (Å²) in [6, 6.07) is 2.74. The smallest absolute Gasteiger partial charge is 0.291 e. The van der Waals surface area contributed by atoms with E-state index >= 15 is 0 Å². The van der Waals surface area contributed by atoms with Gasteiger partial charge in [-0.1, -0.05) is 12.8 Å². The Balaban J connectivity index is 1.31. The van der Waals surface area contributed by atoms with Crippen LogP contribution in [0.2, 0.25) is 0 Å². The molecular weight excluding hydrogens is 328 g/mol. The lowest BCUT2D eigenvalue weighted by molar-refractivity contribution is 0.0915. The zero-order chi connectivity index (χ0) is 18.1. The second-order valence-corrected chi connectivity index (χ2v) is 7.81. The number of hydrogen-bond donors (Lipinski definition) is 1. The van der Waals surface area contributed by atoms with E-state index in [1.165, 1.54) is 38.8 Å². The molecule has 2 aromatic rings. The molecule has 0 aromatic carbocycles. The van der Waals surface area contributed by atoms with E-state index < -0.39 is 0 Å². The molecule has 0 unspecified atom stereocenters. The van der Waals surface area contributed by atoms with Gasteiger partial charge in [0, 0.05) is 24.0 Å². The number of rotatable bonds is 4. The topological polar surface area (TPSA) is 75.4 Å². The fourth-order valence-corrected chi connectivity index (χ4v) is 4.37. The highest BCUT2D eigenvalue weighted by Crippen LogP contribution is 2.27. The van der Waals surface area contributed by atoms with Crippen molar-refractivity contribution in [2.75, 3.05) is 19.6 Å². The lowest BCUT2D eigenvalue weighted by atomic mass is 9.95. The molecule has 3 heterocycles. The minimum absolute atomic E-state index is 0.203. The van der Waals surface area contributed by atoms with E-state index in [1.807, 2.05) is 19.9 Å². The van der Waals surface area contributed by atoms with Crippen molar-refractivity contribution in [2.24, 2.45) is 5.92 Å². The maximum atomic E-state index is 12.4. The van der Waals surface area contributed by atoms with Crippen LogP contribution in [0.3, 0.4) is 0 Å². The quantitative estimate of drug-likeness (QED) is 0.908. The molecule has 0 spiro atoms. The molecule has 4 rings (SSSR count). The summed E-state index contributed by atoms with van der Waals surface area (Å²) in [5.74, 6) is 1.04. The summed E-state index contributed by atoms with van der Waals surface area (Å²) in [6.45, 7) is 6.90. The summed E-state index contributed by atoms with van der Waals surface area (Å²) in [4.78, 5) is 23.7. The normalized spacial score (nSPS) is 20.1. The molecule has 0 radical (unpaired) electrons. The SMILES string of the molecule is Cc1cc(C)n2nc(C(=O)NCC3CCN(C4CCCC4)CC3)nc2n1.